The normalized spacial score (nSPS) is 13.9. The van der Waals surface area contributed by atoms with E-state index in [4.69, 9.17) is 0 Å². The molecule has 1 aromatic carbocycles. The summed E-state index contributed by atoms with van der Waals surface area (Å²) in [4.78, 5) is 11.9. The Kier molecular flexibility index (Phi) is 2.51. The lowest BCUT2D eigenvalue weighted by Gasteiger charge is -2.04. The van der Waals surface area contributed by atoms with Crippen LogP contribution in [0.4, 0.5) is 13.2 Å². The summed E-state index contributed by atoms with van der Waals surface area (Å²) in [6, 6.07) is 1.58. The van der Waals surface area contributed by atoms with E-state index in [1.54, 1.807) is 11.8 Å². The summed E-state index contributed by atoms with van der Waals surface area (Å²) < 4.78 is 40.1. The quantitative estimate of drug-likeness (QED) is 0.809. The summed E-state index contributed by atoms with van der Waals surface area (Å²) in [6.45, 7) is 0. The van der Waals surface area contributed by atoms with Gasteiger partial charge in [0.15, 0.2) is 17.5 Å². The van der Waals surface area contributed by atoms with Crippen LogP contribution in [-0.2, 0) is 11.5 Å². The van der Waals surface area contributed by atoms with Crippen molar-refractivity contribution in [2.45, 2.75) is 11.5 Å². The molecular formula is C11H7F3N2OS. The second-order valence-electron chi connectivity index (χ2n) is 3.93. The van der Waals surface area contributed by atoms with E-state index >= 15 is 0 Å². The van der Waals surface area contributed by atoms with Gasteiger partial charge >= 0.3 is 0 Å². The second kappa shape index (κ2) is 3.94. The van der Waals surface area contributed by atoms with Gasteiger partial charge in [-0.3, -0.25) is 9.89 Å². The summed E-state index contributed by atoms with van der Waals surface area (Å²) in [5.74, 6) is -2.95. The van der Waals surface area contributed by atoms with E-state index in [9.17, 15) is 18.0 Å². The lowest BCUT2D eigenvalue weighted by Crippen LogP contribution is -2.17. The zero-order valence-corrected chi connectivity index (χ0v) is 9.78. The molecule has 0 amide bonds. The van der Waals surface area contributed by atoms with E-state index in [2.05, 4.69) is 5.10 Å². The Morgan fingerprint density at radius 2 is 1.83 bits per heavy atom. The van der Waals surface area contributed by atoms with Gasteiger partial charge in [0.05, 0.1) is 16.9 Å². The Morgan fingerprint density at radius 3 is 2.44 bits per heavy atom. The minimum atomic E-state index is -1.54. The highest BCUT2D eigenvalue weighted by Gasteiger charge is 2.21. The molecule has 7 heteroatoms. The molecule has 0 saturated carbocycles. The molecule has 0 atom stereocenters. The van der Waals surface area contributed by atoms with E-state index < -0.39 is 17.5 Å². The highest BCUT2D eigenvalue weighted by molar-refractivity contribution is 7.98. The molecule has 0 saturated heterocycles. The molecule has 0 spiro atoms. The van der Waals surface area contributed by atoms with Gasteiger partial charge in [-0.05, 0) is 0 Å². The molecule has 1 N–H and O–H groups in total. The highest BCUT2D eigenvalue weighted by Crippen LogP contribution is 2.26. The Hall–Kier alpha value is -1.63. The van der Waals surface area contributed by atoms with Gasteiger partial charge in [-0.1, -0.05) is 0 Å². The molecule has 1 aliphatic heterocycles. The van der Waals surface area contributed by atoms with Gasteiger partial charge in [-0.25, -0.2) is 17.9 Å². The number of fused-ring (bicyclic) bond motifs is 1. The van der Waals surface area contributed by atoms with Crippen LogP contribution in [0.25, 0.3) is 5.69 Å². The minimum Gasteiger partial charge on any atom is -0.294 e. The summed E-state index contributed by atoms with van der Waals surface area (Å²) in [5, 5.41) is 2.78. The third kappa shape index (κ3) is 1.58. The fourth-order valence-electron chi connectivity index (χ4n) is 1.89. The first-order valence-electron chi connectivity index (χ1n) is 5.13. The van der Waals surface area contributed by atoms with Gasteiger partial charge in [-0.15, -0.1) is 0 Å². The molecule has 0 fully saturated rings. The summed E-state index contributed by atoms with van der Waals surface area (Å²) in [7, 11) is 0. The summed E-state index contributed by atoms with van der Waals surface area (Å²) in [6.07, 6.45) is 0. The number of thioether (sulfide) groups is 1. The zero-order valence-electron chi connectivity index (χ0n) is 8.97. The highest BCUT2D eigenvalue weighted by atomic mass is 32.2. The molecule has 0 unspecified atom stereocenters. The number of rotatable bonds is 1. The SMILES string of the molecule is O=c1c2c([nH]n1-c1cc(F)c(F)c(F)c1)CSC2. The van der Waals surface area contributed by atoms with Crippen molar-refractivity contribution >= 4 is 11.8 Å². The van der Waals surface area contributed by atoms with Gasteiger partial charge in [0.25, 0.3) is 5.56 Å². The van der Waals surface area contributed by atoms with Crippen molar-refractivity contribution in [1.29, 1.82) is 0 Å². The van der Waals surface area contributed by atoms with Gasteiger partial charge in [0, 0.05) is 23.6 Å². The molecule has 0 aliphatic carbocycles. The number of halogens is 3. The van der Waals surface area contributed by atoms with E-state index in [0.717, 1.165) is 22.5 Å². The lowest BCUT2D eigenvalue weighted by molar-refractivity contribution is 0.445. The monoisotopic (exact) mass is 272 g/mol. The van der Waals surface area contributed by atoms with Crippen LogP contribution >= 0.6 is 11.8 Å². The lowest BCUT2D eigenvalue weighted by atomic mass is 10.3. The maximum Gasteiger partial charge on any atom is 0.275 e. The number of hydrogen-bond donors (Lipinski definition) is 1. The fraction of sp³-hybridized carbons (Fsp3) is 0.182. The number of benzene rings is 1. The van der Waals surface area contributed by atoms with Crippen molar-refractivity contribution in [1.82, 2.24) is 9.78 Å². The molecule has 3 rings (SSSR count). The van der Waals surface area contributed by atoms with Gasteiger partial charge in [0.1, 0.15) is 0 Å². The van der Waals surface area contributed by atoms with Crippen LogP contribution in [0.5, 0.6) is 0 Å². The van der Waals surface area contributed by atoms with Crippen molar-refractivity contribution in [3.63, 3.8) is 0 Å². The molecule has 0 bridgehead atoms. The van der Waals surface area contributed by atoms with Crippen molar-refractivity contribution < 1.29 is 13.2 Å². The minimum absolute atomic E-state index is 0.0456. The third-order valence-corrected chi connectivity index (χ3v) is 3.78. The van der Waals surface area contributed by atoms with Crippen LogP contribution in [0.2, 0.25) is 0 Å². The summed E-state index contributed by atoms with van der Waals surface area (Å²) >= 11 is 1.58. The first kappa shape index (κ1) is 11.5. The van der Waals surface area contributed by atoms with Gasteiger partial charge < -0.3 is 0 Å². The van der Waals surface area contributed by atoms with Crippen molar-refractivity contribution in [3.8, 4) is 5.69 Å². The molecule has 2 aromatic rings. The molecule has 94 valence electrons. The molecular weight excluding hydrogens is 265 g/mol. The van der Waals surface area contributed by atoms with Crippen molar-refractivity contribution in [3.05, 3.63) is 51.2 Å². The van der Waals surface area contributed by atoms with Crippen LogP contribution < -0.4 is 5.56 Å². The largest absolute Gasteiger partial charge is 0.294 e. The molecule has 2 heterocycles. The van der Waals surface area contributed by atoms with Gasteiger partial charge in [-0.2, -0.15) is 11.8 Å². The third-order valence-electron chi connectivity index (χ3n) is 2.79. The maximum atomic E-state index is 13.1. The molecule has 18 heavy (non-hydrogen) atoms. The van der Waals surface area contributed by atoms with E-state index in [1.165, 1.54) is 0 Å². The number of nitrogens with zero attached hydrogens (tertiary/aromatic N) is 1. The second-order valence-corrected chi connectivity index (χ2v) is 4.91. The van der Waals surface area contributed by atoms with Crippen LogP contribution in [-0.4, -0.2) is 9.78 Å². The van der Waals surface area contributed by atoms with Gasteiger partial charge in [0.2, 0.25) is 0 Å². The average molecular weight is 272 g/mol. The molecule has 1 aliphatic rings. The zero-order chi connectivity index (χ0) is 12.9. The first-order valence-corrected chi connectivity index (χ1v) is 6.29. The topological polar surface area (TPSA) is 37.8 Å². The smallest absolute Gasteiger partial charge is 0.275 e. The molecule has 1 aromatic heterocycles. The Morgan fingerprint density at radius 1 is 1.17 bits per heavy atom. The van der Waals surface area contributed by atoms with E-state index in [-0.39, 0.29) is 11.2 Å². The Balaban J connectivity index is 2.19. The number of aromatic nitrogens is 2. The number of nitrogens with one attached hydrogen (secondary N) is 1. The predicted molar refractivity (Wildman–Crippen MR) is 61.3 cm³/mol. The van der Waals surface area contributed by atoms with Crippen molar-refractivity contribution in [2.24, 2.45) is 0 Å². The number of aromatic amines is 1. The van der Waals surface area contributed by atoms with Crippen LogP contribution in [0.1, 0.15) is 11.3 Å². The molecule has 0 radical (unpaired) electrons. The van der Waals surface area contributed by atoms with Crippen LogP contribution in [0, 0.1) is 17.5 Å². The predicted octanol–water partition coefficient (Wildman–Crippen LogP) is 2.33. The molecule has 3 nitrogen and oxygen atoms in total. The Bertz CT molecular complexity index is 669. The van der Waals surface area contributed by atoms with E-state index in [1.807, 2.05) is 0 Å². The summed E-state index contributed by atoms with van der Waals surface area (Å²) in [5.41, 5.74) is 0.955. The van der Waals surface area contributed by atoms with Crippen molar-refractivity contribution in [2.75, 3.05) is 0 Å². The number of H-pyrrole nitrogens is 1. The Labute approximate surface area is 104 Å². The average Bonchev–Trinajstić information content (AvgIpc) is 2.89. The van der Waals surface area contributed by atoms with Crippen LogP contribution in [0.3, 0.4) is 0 Å². The first-order chi connectivity index (χ1) is 8.58. The van der Waals surface area contributed by atoms with E-state index in [0.29, 0.717) is 17.1 Å². The standard InChI is InChI=1S/C11H7F3N2OS/c12-7-1-5(2-8(13)10(7)14)16-11(17)6-3-18-4-9(6)15-16/h1-2,15H,3-4H2. The number of hydrogen-bond acceptors (Lipinski definition) is 2. The fourth-order valence-corrected chi connectivity index (χ4v) is 2.94. The van der Waals surface area contributed by atoms with Crippen LogP contribution in [0.15, 0.2) is 16.9 Å². The maximum absolute atomic E-state index is 13.1.